The summed E-state index contributed by atoms with van der Waals surface area (Å²) in [5.41, 5.74) is 0.730. The second-order valence-corrected chi connectivity index (χ2v) is 13.2. The molecule has 0 bridgehead atoms. The van der Waals surface area contributed by atoms with E-state index >= 15 is 0 Å². The lowest BCUT2D eigenvalue weighted by Crippen LogP contribution is -2.44. The van der Waals surface area contributed by atoms with E-state index in [1.54, 1.807) is 47.6 Å². The van der Waals surface area contributed by atoms with Crippen LogP contribution in [0.4, 0.5) is 9.59 Å². The molecule has 0 atom stereocenters. The second kappa shape index (κ2) is 14.5. The van der Waals surface area contributed by atoms with Gasteiger partial charge in [0.25, 0.3) is 0 Å². The molecular formula is C38H43N3O6. The number of hydrogen-bond acceptors (Lipinski definition) is 6. The number of hydrogen-bond donors (Lipinski definition) is 2. The van der Waals surface area contributed by atoms with Gasteiger partial charge < -0.3 is 19.6 Å². The summed E-state index contributed by atoms with van der Waals surface area (Å²) in [7, 11) is 0. The Morgan fingerprint density at radius 1 is 0.745 bits per heavy atom. The fourth-order valence-corrected chi connectivity index (χ4v) is 5.32. The molecule has 2 amide bonds. The maximum atomic E-state index is 12.9. The molecule has 4 rings (SSSR count). The standard InChI is InChI=1S/C38H43N3O6/c1-36(2,3)46-34(44)41(35(45)47-37(4,5)6)25-17-16-24-30(32(42)43)31-26-39-33(40-31)38(27-18-10-7-11-19-27,28-20-12-8-13-21-28)29-22-14-9-15-23-29/h7-15,18-24,26H,16-17,25H2,1-6H3,(H,39,40)(H,42,43)/b30-24-. The van der Waals surface area contributed by atoms with E-state index in [0.717, 1.165) is 21.6 Å². The van der Waals surface area contributed by atoms with E-state index in [0.29, 0.717) is 11.5 Å². The third-order valence-electron chi connectivity index (χ3n) is 7.23. The lowest BCUT2D eigenvalue weighted by Gasteiger charge is -2.34. The highest BCUT2D eigenvalue weighted by Crippen LogP contribution is 2.44. The Bertz CT molecular complexity index is 1560. The van der Waals surface area contributed by atoms with Gasteiger partial charge in [0.2, 0.25) is 0 Å². The van der Waals surface area contributed by atoms with Crippen molar-refractivity contribution in [2.45, 2.75) is 71.0 Å². The molecule has 2 N–H and O–H groups in total. The number of carboxylic acid groups (broad SMARTS) is 1. The van der Waals surface area contributed by atoms with Gasteiger partial charge in [0, 0.05) is 6.54 Å². The Kier molecular flexibility index (Phi) is 10.7. The van der Waals surface area contributed by atoms with Crippen LogP contribution in [-0.2, 0) is 19.7 Å². The molecule has 0 saturated heterocycles. The summed E-state index contributed by atoms with van der Waals surface area (Å²) in [5.74, 6) is -0.578. The van der Waals surface area contributed by atoms with Crippen molar-refractivity contribution >= 4 is 23.7 Å². The summed E-state index contributed by atoms with van der Waals surface area (Å²) in [4.78, 5) is 47.4. The lowest BCUT2D eigenvalue weighted by atomic mass is 9.69. The molecule has 0 aliphatic carbocycles. The SMILES string of the molecule is CC(C)(C)OC(=O)N(CCC/C=C(\C(=O)O)c1cnc(C(c2ccccc2)(c2ccccc2)c2ccccc2)[nH]1)C(=O)OC(C)(C)C. The van der Waals surface area contributed by atoms with E-state index in [9.17, 15) is 19.5 Å². The molecule has 0 aliphatic rings. The first-order valence-electron chi connectivity index (χ1n) is 15.6. The maximum absolute atomic E-state index is 12.9. The zero-order valence-corrected chi connectivity index (χ0v) is 27.8. The number of aromatic amines is 1. The van der Waals surface area contributed by atoms with Gasteiger partial charge in [-0.2, -0.15) is 0 Å². The summed E-state index contributed by atoms with van der Waals surface area (Å²) in [6, 6.07) is 29.9. The first-order valence-corrected chi connectivity index (χ1v) is 15.6. The van der Waals surface area contributed by atoms with Gasteiger partial charge in [0.15, 0.2) is 0 Å². The summed E-state index contributed by atoms with van der Waals surface area (Å²) in [6.45, 7) is 10.2. The molecule has 47 heavy (non-hydrogen) atoms. The molecule has 0 aliphatic heterocycles. The van der Waals surface area contributed by atoms with E-state index < -0.39 is 34.8 Å². The minimum absolute atomic E-state index is 0.0212. The summed E-state index contributed by atoms with van der Waals surface area (Å²) in [5, 5.41) is 10.3. The average Bonchev–Trinajstić information content (AvgIpc) is 3.49. The summed E-state index contributed by atoms with van der Waals surface area (Å²) in [6.07, 6.45) is 1.97. The average molecular weight is 638 g/mol. The molecule has 0 radical (unpaired) electrons. The number of rotatable bonds is 10. The van der Waals surface area contributed by atoms with Crippen molar-refractivity contribution in [2.75, 3.05) is 6.54 Å². The van der Waals surface area contributed by atoms with Gasteiger partial charge in [0.1, 0.15) is 22.4 Å². The van der Waals surface area contributed by atoms with Gasteiger partial charge in [0.05, 0.1) is 17.5 Å². The number of carbonyl (C=O) groups is 3. The number of nitrogens with one attached hydrogen (secondary N) is 1. The number of benzene rings is 3. The van der Waals surface area contributed by atoms with E-state index in [1.807, 2.05) is 91.0 Å². The first-order chi connectivity index (χ1) is 22.2. The van der Waals surface area contributed by atoms with Crippen molar-refractivity contribution in [1.29, 1.82) is 0 Å². The van der Waals surface area contributed by atoms with Crippen LogP contribution in [0.3, 0.4) is 0 Å². The molecular weight excluding hydrogens is 594 g/mol. The fourth-order valence-electron chi connectivity index (χ4n) is 5.32. The number of imide groups is 1. The number of H-pyrrole nitrogens is 1. The van der Waals surface area contributed by atoms with Crippen molar-refractivity contribution in [3.05, 3.63) is 131 Å². The monoisotopic (exact) mass is 637 g/mol. The number of carbonyl (C=O) groups excluding carboxylic acids is 2. The van der Waals surface area contributed by atoms with Gasteiger partial charge in [-0.25, -0.2) is 24.3 Å². The highest BCUT2D eigenvalue weighted by atomic mass is 16.6. The molecule has 246 valence electrons. The Labute approximate surface area is 276 Å². The molecule has 1 aromatic heterocycles. The number of carboxylic acids is 1. The predicted molar refractivity (Wildman–Crippen MR) is 181 cm³/mol. The van der Waals surface area contributed by atoms with Crippen molar-refractivity contribution < 1.29 is 29.0 Å². The quantitative estimate of drug-likeness (QED) is 0.102. The molecule has 9 nitrogen and oxygen atoms in total. The van der Waals surface area contributed by atoms with Gasteiger partial charge >= 0.3 is 18.2 Å². The van der Waals surface area contributed by atoms with Crippen molar-refractivity contribution in [3.63, 3.8) is 0 Å². The van der Waals surface area contributed by atoms with Crippen LogP contribution in [0.5, 0.6) is 0 Å². The zero-order chi connectivity index (χ0) is 34.2. The van der Waals surface area contributed by atoms with Crippen LogP contribution in [0.2, 0.25) is 0 Å². The normalized spacial score (nSPS) is 12.3. The third-order valence-corrected chi connectivity index (χ3v) is 7.23. The number of amides is 2. The molecule has 0 fully saturated rings. The number of nitrogens with zero attached hydrogens (tertiary/aromatic N) is 2. The lowest BCUT2D eigenvalue weighted by molar-refractivity contribution is -0.130. The van der Waals surface area contributed by atoms with Crippen LogP contribution in [-0.4, -0.2) is 55.9 Å². The number of aromatic nitrogens is 2. The Balaban J connectivity index is 1.68. The van der Waals surface area contributed by atoms with E-state index in [1.165, 1.54) is 6.20 Å². The fraction of sp³-hybridized carbons (Fsp3) is 0.316. The molecule has 0 spiro atoms. The van der Waals surface area contributed by atoms with E-state index in [2.05, 4.69) is 4.98 Å². The first kappa shape index (κ1) is 34.7. The van der Waals surface area contributed by atoms with Crippen LogP contribution in [0.15, 0.2) is 103 Å². The molecule has 0 unspecified atom stereocenters. The Morgan fingerprint density at radius 2 is 1.17 bits per heavy atom. The van der Waals surface area contributed by atoms with E-state index in [4.69, 9.17) is 14.5 Å². The van der Waals surface area contributed by atoms with Crippen molar-refractivity contribution in [2.24, 2.45) is 0 Å². The number of aliphatic carboxylic acids is 1. The second-order valence-electron chi connectivity index (χ2n) is 13.2. The van der Waals surface area contributed by atoms with Gasteiger partial charge in [-0.05, 0) is 71.1 Å². The topological polar surface area (TPSA) is 122 Å². The molecule has 9 heteroatoms. The smallest absolute Gasteiger partial charge is 0.419 e. The number of unbranched alkanes of at least 4 members (excludes halogenated alkanes) is 1. The predicted octanol–water partition coefficient (Wildman–Crippen LogP) is 8.21. The van der Waals surface area contributed by atoms with Crippen LogP contribution in [0.25, 0.3) is 5.57 Å². The van der Waals surface area contributed by atoms with Crippen LogP contribution in [0, 0.1) is 0 Å². The highest BCUT2D eigenvalue weighted by molar-refractivity contribution is 6.14. The van der Waals surface area contributed by atoms with Crippen molar-refractivity contribution in [1.82, 2.24) is 14.9 Å². The van der Waals surface area contributed by atoms with Gasteiger partial charge in [-0.15, -0.1) is 0 Å². The van der Waals surface area contributed by atoms with E-state index in [-0.39, 0.29) is 25.0 Å². The van der Waals surface area contributed by atoms with Crippen LogP contribution >= 0.6 is 0 Å². The summed E-state index contributed by atoms with van der Waals surface area (Å²) < 4.78 is 10.9. The maximum Gasteiger partial charge on any atom is 0.419 e. The Morgan fingerprint density at radius 3 is 1.55 bits per heavy atom. The van der Waals surface area contributed by atoms with Crippen LogP contribution in [0.1, 0.15) is 82.6 Å². The Hall–Kier alpha value is -5.18. The number of allylic oxidation sites excluding steroid dienone is 1. The van der Waals surface area contributed by atoms with Gasteiger partial charge in [-0.3, -0.25) is 0 Å². The molecule has 3 aromatic carbocycles. The molecule has 4 aromatic rings. The molecule has 0 saturated carbocycles. The minimum atomic E-state index is -1.14. The van der Waals surface area contributed by atoms with Crippen molar-refractivity contribution in [3.8, 4) is 0 Å². The number of ether oxygens (including phenoxy) is 2. The van der Waals surface area contributed by atoms with Crippen LogP contribution < -0.4 is 0 Å². The largest absolute Gasteiger partial charge is 0.478 e. The summed E-state index contributed by atoms with van der Waals surface area (Å²) >= 11 is 0. The minimum Gasteiger partial charge on any atom is -0.478 e. The third kappa shape index (κ3) is 8.55. The highest BCUT2D eigenvalue weighted by Gasteiger charge is 2.41. The zero-order valence-electron chi connectivity index (χ0n) is 27.8. The molecule has 1 heterocycles. The van der Waals surface area contributed by atoms with Gasteiger partial charge in [-0.1, -0.05) is 97.1 Å². The number of imidazole rings is 1.